The van der Waals surface area contributed by atoms with Gasteiger partial charge in [-0.2, -0.15) is 26.0 Å². The quantitative estimate of drug-likeness (QED) is 0.607. The summed E-state index contributed by atoms with van der Waals surface area (Å²) in [6.07, 6.45) is -2.21. The Balaban J connectivity index is 1.57. The molecule has 0 amide bonds. The van der Waals surface area contributed by atoms with Crippen LogP contribution in [0.25, 0.3) is 0 Å². The van der Waals surface area contributed by atoms with Crippen LogP contribution in [-0.2, 0) is 19.6 Å². The summed E-state index contributed by atoms with van der Waals surface area (Å²) in [4.78, 5) is 0. The van der Waals surface area contributed by atoms with Crippen LogP contribution < -0.4 is 0 Å². The minimum atomic E-state index is -6.25. The molecule has 1 heterocycles. The predicted octanol–water partition coefficient (Wildman–Crippen LogP) is 3.55. The molecule has 2 saturated carbocycles. The van der Waals surface area contributed by atoms with E-state index in [2.05, 4.69) is 0 Å². The minimum absolute atomic E-state index is 0.192. The van der Waals surface area contributed by atoms with E-state index in [0.717, 1.165) is 5.56 Å². The van der Waals surface area contributed by atoms with Crippen LogP contribution in [0.1, 0.15) is 30.3 Å². The van der Waals surface area contributed by atoms with E-state index < -0.39 is 57.5 Å². The van der Waals surface area contributed by atoms with Crippen LogP contribution in [0.4, 0.5) is 17.6 Å². The highest BCUT2D eigenvalue weighted by Gasteiger charge is 2.74. The first-order valence-corrected chi connectivity index (χ1v) is 9.97. The summed E-state index contributed by atoms with van der Waals surface area (Å²) in [6, 6.07) is 7.24. The van der Waals surface area contributed by atoms with Crippen molar-refractivity contribution in [3.05, 3.63) is 35.4 Å². The third-order valence-corrected chi connectivity index (χ3v) is 6.87. The van der Waals surface area contributed by atoms with Crippen molar-refractivity contribution in [2.75, 3.05) is 0 Å². The molecule has 1 N–H and O–H groups in total. The first-order valence-electron chi connectivity index (χ1n) is 8.53. The summed E-state index contributed by atoms with van der Waals surface area (Å²) in [5, 5.41) is -5.56. The van der Waals surface area contributed by atoms with Gasteiger partial charge in [-0.1, -0.05) is 29.8 Å². The van der Waals surface area contributed by atoms with Gasteiger partial charge in [0.25, 0.3) is 0 Å². The van der Waals surface area contributed by atoms with Crippen LogP contribution >= 0.6 is 0 Å². The third kappa shape index (κ3) is 2.72. The van der Waals surface area contributed by atoms with Gasteiger partial charge in [-0.3, -0.25) is 4.55 Å². The SMILES string of the molecule is Cc1ccc(C2OC3C4CC(C3O2)C(C(F)(F)C(F)(F)S(=O)(=O)O)C4)cc1. The van der Waals surface area contributed by atoms with Crippen molar-refractivity contribution >= 4 is 10.1 Å². The summed E-state index contributed by atoms with van der Waals surface area (Å²) in [7, 11) is -6.25. The van der Waals surface area contributed by atoms with E-state index in [1.165, 1.54) is 0 Å². The van der Waals surface area contributed by atoms with Crippen LogP contribution in [0.5, 0.6) is 0 Å². The molecule has 150 valence electrons. The van der Waals surface area contributed by atoms with Crippen LogP contribution in [0.2, 0.25) is 0 Å². The Bertz CT molecular complexity index is 841. The zero-order valence-electron chi connectivity index (χ0n) is 14.2. The number of hydrogen-bond donors (Lipinski definition) is 1. The molecular weight excluding hydrogens is 392 g/mol. The van der Waals surface area contributed by atoms with Crippen molar-refractivity contribution in [3.63, 3.8) is 0 Å². The van der Waals surface area contributed by atoms with Crippen molar-refractivity contribution in [1.82, 2.24) is 0 Å². The molecule has 1 saturated heterocycles. The highest BCUT2D eigenvalue weighted by molar-refractivity contribution is 7.87. The van der Waals surface area contributed by atoms with Gasteiger partial charge in [-0.25, -0.2) is 0 Å². The van der Waals surface area contributed by atoms with Gasteiger partial charge in [0.15, 0.2) is 6.29 Å². The minimum Gasteiger partial charge on any atom is -0.342 e. The summed E-state index contributed by atoms with van der Waals surface area (Å²) < 4.78 is 98.1. The normalized spacial score (nSPS) is 36.2. The first-order chi connectivity index (χ1) is 12.4. The Labute approximate surface area is 153 Å². The lowest BCUT2D eigenvalue weighted by Gasteiger charge is -2.36. The molecule has 5 nitrogen and oxygen atoms in total. The molecule has 1 aromatic rings. The zero-order valence-corrected chi connectivity index (χ0v) is 15.0. The highest BCUT2D eigenvalue weighted by Crippen LogP contribution is 2.62. The van der Waals surface area contributed by atoms with E-state index in [4.69, 9.17) is 14.0 Å². The first kappa shape index (κ1) is 19.1. The number of ether oxygens (including phenoxy) is 2. The third-order valence-electron chi connectivity index (χ3n) is 5.95. The Hall–Kier alpha value is -1.23. The smallest absolute Gasteiger partial charge is 0.342 e. The van der Waals surface area contributed by atoms with Crippen molar-refractivity contribution in [1.29, 1.82) is 0 Å². The molecule has 3 aliphatic rings. The standard InChI is InChI=1S/C17H18F4O5S/c1-8-2-4-9(5-3-8)15-25-13-10-6-11(14(13)26-15)12(7-10)16(18,19)17(20,21)27(22,23)24/h2-5,10-15H,6-7H2,1H3,(H,22,23,24). The molecule has 2 bridgehead atoms. The molecule has 2 aliphatic carbocycles. The fourth-order valence-electron chi connectivity index (χ4n) is 4.62. The molecule has 4 rings (SSSR count). The number of aryl methyl sites for hydroxylation is 1. The monoisotopic (exact) mass is 410 g/mol. The number of alkyl halides is 4. The van der Waals surface area contributed by atoms with Crippen molar-refractivity contribution in [3.8, 4) is 0 Å². The van der Waals surface area contributed by atoms with Crippen LogP contribution in [0.3, 0.4) is 0 Å². The van der Waals surface area contributed by atoms with E-state index >= 15 is 0 Å². The average molecular weight is 410 g/mol. The molecule has 10 heteroatoms. The number of fused-ring (bicyclic) bond motifs is 5. The molecule has 3 fully saturated rings. The molecule has 0 radical (unpaired) electrons. The molecule has 0 spiro atoms. The molecule has 27 heavy (non-hydrogen) atoms. The second kappa shape index (κ2) is 5.88. The van der Waals surface area contributed by atoms with Gasteiger partial charge in [0.1, 0.15) is 0 Å². The van der Waals surface area contributed by atoms with E-state index in [-0.39, 0.29) is 12.8 Å². The van der Waals surface area contributed by atoms with Crippen LogP contribution in [-0.4, -0.2) is 36.4 Å². The zero-order chi connectivity index (χ0) is 19.8. The Morgan fingerprint density at radius 2 is 1.63 bits per heavy atom. The van der Waals surface area contributed by atoms with Gasteiger partial charge < -0.3 is 9.47 Å². The van der Waals surface area contributed by atoms with Crippen molar-refractivity contribution in [2.24, 2.45) is 17.8 Å². The molecule has 1 aliphatic heterocycles. The second-order valence-corrected chi connectivity index (χ2v) is 9.02. The van der Waals surface area contributed by atoms with Crippen LogP contribution in [0, 0.1) is 24.7 Å². The maximum Gasteiger partial charge on any atom is 0.431 e. The summed E-state index contributed by atoms with van der Waals surface area (Å²) in [6.45, 7) is 1.90. The lowest BCUT2D eigenvalue weighted by Crippen LogP contribution is -2.55. The summed E-state index contributed by atoms with van der Waals surface area (Å²) in [5.74, 6) is -8.22. The van der Waals surface area contributed by atoms with Gasteiger partial charge in [-0.05, 0) is 31.6 Å². The van der Waals surface area contributed by atoms with E-state index in [0.29, 0.717) is 5.56 Å². The van der Waals surface area contributed by atoms with Crippen LogP contribution in [0.15, 0.2) is 24.3 Å². The second-order valence-electron chi connectivity index (χ2n) is 7.56. The molecular formula is C17H18F4O5S. The van der Waals surface area contributed by atoms with Gasteiger partial charge in [0.2, 0.25) is 0 Å². The molecule has 6 atom stereocenters. The number of rotatable bonds is 4. The van der Waals surface area contributed by atoms with Gasteiger partial charge in [0, 0.05) is 11.5 Å². The van der Waals surface area contributed by atoms with E-state index in [1.807, 2.05) is 19.1 Å². The number of halogens is 4. The fraction of sp³-hybridized carbons (Fsp3) is 0.647. The topological polar surface area (TPSA) is 72.8 Å². The van der Waals surface area contributed by atoms with Crippen molar-refractivity contribution < 1.29 is 40.0 Å². The largest absolute Gasteiger partial charge is 0.431 e. The fourth-order valence-corrected chi connectivity index (χ4v) is 5.12. The van der Waals surface area contributed by atoms with Crippen molar-refractivity contribution in [2.45, 2.75) is 49.4 Å². The van der Waals surface area contributed by atoms with Gasteiger partial charge in [-0.15, -0.1) is 0 Å². The Morgan fingerprint density at radius 3 is 2.22 bits per heavy atom. The van der Waals surface area contributed by atoms with E-state index in [9.17, 15) is 26.0 Å². The van der Waals surface area contributed by atoms with E-state index in [1.54, 1.807) is 12.1 Å². The number of hydrogen-bond acceptors (Lipinski definition) is 4. The Kier molecular flexibility index (Phi) is 4.16. The van der Waals surface area contributed by atoms with Gasteiger partial charge in [0.05, 0.1) is 12.2 Å². The predicted molar refractivity (Wildman–Crippen MR) is 84.8 cm³/mol. The highest BCUT2D eigenvalue weighted by atomic mass is 32.2. The van der Waals surface area contributed by atoms with Gasteiger partial charge >= 0.3 is 21.3 Å². The number of benzene rings is 1. The Morgan fingerprint density at radius 1 is 1.04 bits per heavy atom. The molecule has 1 aromatic carbocycles. The molecule has 6 unspecified atom stereocenters. The lowest BCUT2D eigenvalue weighted by molar-refractivity contribution is -0.210. The maximum atomic E-state index is 14.4. The summed E-state index contributed by atoms with van der Waals surface area (Å²) >= 11 is 0. The average Bonchev–Trinajstić information content (AvgIpc) is 3.25. The molecule has 0 aromatic heterocycles. The summed E-state index contributed by atoms with van der Waals surface area (Å²) in [5.41, 5.74) is 1.71. The lowest BCUT2D eigenvalue weighted by atomic mass is 9.81. The maximum absolute atomic E-state index is 14.4.